The van der Waals surface area contributed by atoms with Crippen LogP contribution >= 0.6 is 0 Å². The highest BCUT2D eigenvalue weighted by molar-refractivity contribution is 5.83. The molecule has 0 saturated carbocycles. The van der Waals surface area contributed by atoms with Crippen molar-refractivity contribution in [1.29, 1.82) is 0 Å². The zero-order chi connectivity index (χ0) is 14.7. The third-order valence-electron chi connectivity index (χ3n) is 3.61. The number of rotatable bonds is 4. The minimum Gasteiger partial charge on any atom is -0.378 e. The van der Waals surface area contributed by atoms with Crippen LogP contribution in [0.4, 0.5) is 8.78 Å². The lowest BCUT2D eigenvalue weighted by Crippen LogP contribution is -2.45. The van der Waals surface area contributed by atoms with Crippen molar-refractivity contribution >= 4 is 5.91 Å². The molecule has 1 fully saturated rings. The van der Waals surface area contributed by atoms with E-state index in [2.05, 4.69) is 10.6 Å². The Balaban J connectivity index is 2.09. The predicted molar refractivity (Wildman–Crippen MR) is 70.4 cm³/mol. The topological polar surface area (TPSA) is 50.4 Å². The molecule has 1 aromatic rings. The first-order valence-corrected chi connectivity index (χ1v) is 6.52. The van der Waals surface area contributed by atoms with E-state index in [-0.39, 0.29) is 17.7 Å². The summed E-state index contributed by atoms with van der Waals surface area (Å²) in [4.78, 5) is 12.1. The molecular weight excluding hydrogens is 266 g/mol. The molecule has 1 aliphatic rings. The molecule has 1 aromatic carbocycles. The van der Waals surface area contributed by atoms with E-state index in [1.165, 1.54) is 13.0 Å². The van der Waals surface area contributed by atoms with Crippen molar-refractivity contribution in [1.82, 2.24) is 10.6 Å². The van der Waals surface area contributed by atoms with Crippen molar-refractivity contribution in [3.63, 3.8) is 0 Å². The van der Waals surface area contributed by atoms with Gasteiger partial charge in [-0.15, -0.1) is 0 Å². The fourth-order valence-electron chi connectivity index (χ4n) is 2.41. The van der Waals surface area contributed by atoms with E-state index >= 15 is 0 Å². The quantitative estimate of drug-likeness (QED) is 0.872. The van der Waals surface area contributed by atoms with Crippen molar-refractivity contribution in [3.8, 4) is 0 Å². The van der Waals surface area contributed by atoms with Crippen LogP contribution in [0.1, 0.15) is 18.4 Å². The predicted octanol–water partition coefficient (Wildman–Crippen LogP) is 1.17. The van der Waals surface area contributed by atoms with Crippen molar-refractivity contribution < 1.29 is 18.3 Å². The Hall–Kier alpha value is -1.53. The smallest absolute Gasteiger partial charge is 0.227 e. The normalized spacial score (nSPS) is 23.6. The van der Waals surface area contributed by atoms with Crippen LogP contribution in [0.15, 0.2) is 18.2 Å². The van der Waals surface area contributed by atoms with Crippen molar-refractivity contribution in [2.75, 3.05) is 20.2 Å². The van der Waals surface area contributed by atoms with Crippen molar-refractivity contribution in [2.45, 2.75) is 25.0 Å². The molecule has 0 spiro atoms. The van der Waals surface area contributed by atoms with Gasteiger partial charge in [0.25, 0.3) is 0 Å². The van der Waals surface area contributed by atoms with E-state index < -0.39 is 23.5 Å². The number of methoxy groups -OCH3 is 1. The number of carbonyl (C=O) groups excluding carboxylic acids is 1. The maximum absolute atomic E-state index is 13.7. The van der Waals surface area contributed by atoms with E-state index in [1.807, 2.05) is 0 Å². The summed E-state index contributed by atoms with van der Waals surface area (Å²) in [5.74, 6) is -2.72. The average Bonchev–Trinajstić information content (AvgIpc) is 2.85. The van der Waals surface area contributed by atoms with Crippen LogP contribution in [0.5, 0.6) is 0 Å². The van der Waals surface area contributed by atoms with Gasteiger partial charge in [-0.2, -0.15) is 0 Å². The molecule has 0 aliphatic carbocycles. The molecule has 1 saturated heterocycles. The van der Waals surface area contributed by atoms with E-state index in [0.717, 1.165) is 12.1 Å². The Morgan fingerprint density at radius 2 is 2.05 bits per heavy atom. The van der Waals surface area contributed by atoms with E-state index in [9.17, 15) is 13.6 Å². The van der Waals surface area contributed by atoms with Gasteiger partial charge >= 0.3 is 0 Å². The molecule has 2 rings (SSSR count). The fraction of sp³-hybridized carbons (Fsp3) is 0.500. The molecule has 20 heavy (non-hydrogen) atoms. The van der Waals surface area contributed by atoms with E-state index in [0.29, 0.717) is 13.1 Å². The highest BCUT2D eigenvalue weighted by atomic mass is 19.1. The van der Waals surface area contributed by atoms with Crippen LogP contribution in [-0.4, -0.2) is 38.3 Å². The molecule has 0 unspecified atom stereocenters. The number of hydrogen-bond acceptors (Lipinski definition) is 3. The van der Waals surface area contributed by atoms with Crippen molar-refractivity contribution in [3.05, 3.63) is 35.4 Å². The van der Waals surface area contributed by atoms with Crippen LogP contribution in [0.3, 0.4) is 0 Å². The Bertz CT molecular complexity index is 476. The lowest BCUT2D eigenvalue weighted by Gasteiger charge is -2.21. The second kappa shape index (κ2) is 6.28. The summed E-state index contributed by atoms with van der Waals surface area (Å²) in [5, 5.41) is 5.87. The lowest BCUT2D eigenvalue weighted by molar-refractivity contribution is -0.123. The highest BCUT2D eigenvalue weighted by Crippen LogP contribution is 2.22. The van der Waals surface area contributed by atoms with Gasteiger partial charge in [0.1, 0.15) is 11.6 Å². The third kappa shape index (κ3) is 2.96. The van der Waals surface area contributed by atoms with E-state index in [4.69, 9.17) is 4.74 Å². The number of hydrogen-bond donors (Lipinski definition) is 2. The first-order valence-electron chi connectivity index (χ1n) is 6.52. The number of halogens is 2. The second-order valence-electron chi connectivity index (χ2n) is 4.90. The second-order valence-corrected chi connectivity index (χ2v) is 4.90. The maximum atomic E-state index is 13.7. The molecule has 6 heteroatoms. The molecule has 2 N–H and O–H groups in total. The van der Waals surface area contributed by atoms with Gasteiger partial charge in [-0.3, -0.25) is 4.79 Å². The van der Waals surface area contributed by atoms with Crippen LogP contribution in [0, 0.1) is 11.6 Å². The monoisotopic (exact) mass is 284 g/mol. The standard InChI is InChI=1S/C14H18F2N2O2/c1-8(13-9(15)4-3-5-10(13)16)14(19)18-11-6-17-7-12(11)20-2/h3-5,8,11-12,17H,6-7H2,1-2H3,(H,18,19)/t8-,11-,12+/m1/s1. The minimum absolute atomic E-state index is 0.128. The molecule has 0 bridgehead atoms. The molecular formula is C14H18F2N2O2. The summed E-state index contributed by atoms with van der Waals surface area (Å²) in [6, 6.07) is 3.39. The zero-order valence-corrected chi connectivity index (χ0v) is 11.5. The van der Waals surface area contributed by atoms with Gasteiger partial charge < -0.3 is 15.4 Å². The molecule has 1 amide bonds. The first-order chi connectivity index (χ1) is 9.54. The number of ether oxygens (including phenoxy) is 1. The molecule has 1 aliphatic heterocycles. The number of carbonyl (C=O) groups is 1. The molecule has 0 aromatic heterocycles. The summed E-state index contributed by atoms with van der Waals surface area (Å²) in [6.45, 7) is 2.71. The highest BCUT2D eigenvalue weighted by Gasteiger charge is 2.31. The lowest BCUT2D eigenvalue weighted by atomic mass is 9.98. The molecule has 3 atom stereocenters. The fourth-order valence-corrected chi connectivity index (χ4v) is 2.41. The Kier molecular flexibility index (Phi) is 4.67. The van der Waals surface area contributed by atoms with E-state index in [1.54, 1.807) is 7.11 Å². The van der Waals surface area contributed by atoms with Crippen LogP contribution in [-0.2, 0) is 9.53 Å². The van der Waals surface area contributed by atoms with Gasteiger partial charge in [-0.05, 0) is 19.1 Å². The van der Waals surface area contributed by atoms with Crippen molar-refractivity contribution in [2.24, 2.45) is 0 Å². The average molecular weight is 284 g/mol. The summed E-state index contributed by atoms with van der Waals surface area (Å²) < 4.78 is 32.6. The van der Waals surface area contributed by atoms with Gasteiger partial charge in [0.05, 0.1) is 18.1 Å². The van der Waals surface area contributed by atoms with Gasteiger partial charge in [0.2, 0.25) is 5.91 Å². The van der Waals surface area contributed by atoms with Gasteiger partial charge in [-0.1, -0.05) is 6.07 Å². The Morgan fingerprint density at radius 3 is 2.65 bits per heavy atom. The third-order valence-corrected chi connectivity index (χ3v) is 3.61. The summed E-state index contributed by atoms with van der Waals surface area (Å²) >= 11 is 0. The molecule has 4 nitrogen and oxygen atoms in total. The van der Waals surface area contributed by atoms with Crippen LogP contribution in [0.2, 0.25) is 0 Å². The molecule has 1 heterocycles. The largest absolute Gasteiger partial charge is 0.378 e. The number of nitrogens with one attached hydrogen (secondary N) is 2. The zero-order valence-electron chi connectivity index (χ0n) is 11.5. The maximum Gasteiger partial charge on any atom is 0.227 e. The Morgan fingerprint density at radius 1 is 1.40 bits per heavy atom. The molecule has 0 radical (unpaired) electrons. The van der Waals surface area contributed by atoms with Gasteiger partial charge in [0.15, 0.2) is 0 Å². The SMILES string of the molecule is CO[C@H]1CNC[C@H]1NC(=O)[C@H](C)c1c(F)cccc1F. The van der Waals surface area contributed by atoms with Crippen LogP contribution < -0.4 is 10.6 Å². The van der Waals surface area contributed by atoms with Crippen LogP contribution in [0.25, 0.3) is 0 Å². The summed E-state index contributed by atoms with van der Waals surface area (Å²) in [5.41, 5.74) is -0.204. The number of benzene rings is 1. The summed E-state index contributed by atoms with van der Waals surface area (Å²) in [6.07, 6.45) is -0.128. The summed E-state index contributed by atoms with van der Waals surface area (Å²) in [7, 11) is 1.57. The minimum atomic E-state index is -0.894. The van der Waals surface area contributed by atoms with Gasteiger partial charge in [-0.25, -0.2) is 8.78 Å². The number of amides is 1. The van der Waals surface area contributed by atoms with Gasteiger partial charge in [0, 0.05) is 25.8 Å². The Labute approximate surface area is 116 Å². The molecule has 110 valence electrons. The first kappa shape index (κ1) is 14.9.